The molecule has 0 aliphatic carbocycles. The van der Waals surface area contributed by atoms with E-state index >= 15 is 0 Å². The Morgan fingerprint density at radius 1 is 0.750 bits per heavy atom. The van der Waals surface area contributed by atoms with E-state index in [2.05, 4.69) is 64.1 Å². The van der Waals surface area contributed by atoms with Gasteiger partial charge in [0.15, 0.2) is 0 Å². The molecule has 0 radical (unpaired) electrons. The lowest BCUT2D eigenvalue weighted by Crippen LogP contribution is -2.15. The number of rotatable bonds is 5. The van der Waals surface area contributed by atoms with Gasteiger partial charge in [0.2, 0.25) is 0 Å². The highest BCUT2D eigenvalue weighted by molar-refractivity contribution is 7.67. The van der Waals surface area contributed by atoms with Crippen LogP contribution in [-0.2, 0) is 0 Å². The zero-order chi connectivity index (χ0) is 14.5. The van der Waals surface area contributed by atoms with Gasteiger partial charge >= 0.3 is 0 Å². The van der Waals surface area contributed by atoms with E-state index < -0.39 is 0 Å². The van der Waals surface area contributed by atoms with Crippen molar-refractivity contribution in [1.82, 2.24) is 0 Å². The SMILES string of the molecule is CC(C)P(c1ccccc1[N-]c1ccccc1)C(C)C. The standard InChI is InChI=1S/C18H23NP/c1-14(2)20(15(3)4)18-13-9-8-12-17(18)19-16-10-6-5-7-11-16/h5-15H,1-4H3/q-1. The summed E-state index contributed by atoms with van der Waals surface area (Å²) in [5.74, 6) is 0. The molecular formula is C18H23NP-. The lowest BCUT2D eigenvalue weighted by Gasteiger charge is -2.34. The van der Waals surface area contributed by atoms with Gasteiger partial charge < -0.3 is 5.32 Å². The fraction of sp³-hybridized carbons (Fsp3) is 0.333. The molecule has 0 spiro atoms. The van der Waals surface area contributed by atoms with Crippen molar-refractivity contribution in [2.75, 3.05) is 0 Å². The van der Waals surface area contributed by atoms with Crippen LogP contribution in [0.2, 0.25) is 0 Å². The third-order valence-electron chi connectivity index (χ3n) is 3.28. The quantitative estimate of drug-likeness (QED) is 0.602. The molecule has 0 amide bonds. The Kier molecular flexibility index (Phi) is 5.20. The Morgan fingerprint density at radius 3 is 1.90 bits per heavy atom. The Hall–Kier alpha value is -1.33. The van der Waals surface area contributed by atoms with Crippen LogP contribution in [0.5, 0.6) is 0 Å². The first-order valence-corrected chi connectivity index (χ1v) is 8.71. The van der Waals surface area contributed by atoms with Crippen molar-refractivity contribution in [3.63, 3.8) is 0 Å². The van der Waals surface area contributed by atoms with Crippen LogP contribution in [0.15, 0.2) is 54.6 Å². The molecule has 0 saturated heterocycles. The van der Waals surface area contributed by atoms with E-state index in [9.17, 15) is 0 Å². The minimum Gasteiger partial charge on any atom is -0.657 e. The molecule has 0 aliphatic heterocycles. The van der Waals surface area contributed by atoms with Crippen LogP contribution in [0, 0.1) is 0 Å². The highest BCUT2D eigenvalue weighted by Crippen LogP contribution is 2.48. The molecule has 1 nitrogen and oxygen atoms in total. The first-order valence-electron chi connectivity index (χ1n) is 7.23. The summed E-state index contributed by atoms with van der Waals surface area (Å²) in [5.41, 5.74) is 3.52. The van der Waals surface area contributed by atoms with E-state index in [0.29, 0.717) is 11.3 Å². The Morgan fingerprint density at radius 2 is 1.30 bits per heavy atom. The fourth-order valence-corrected chi connectivity index (χ4v) is 5.52. The molecule has 106 valence electrons. The second kappa shape index (κ2) is 6.90. The van der Waals surface area contributed by atoms with Crippen molar-refractivity contribution in [3.05, 3.63) is 59.9 Å². The molecule has 0 atom stereocenters. The average Bonchev–Trinajstić information content (AvgIpc) is 2.41. The third-order valence-corrected chi connectivity index (χ3v) is 6.44. The van der Waals surface area contributed by atoms with Crippen LogP contribution >= 0.6 is 7.92 Å². The molecule has 0 N–H and O–H groups in total. The molecule has 0 saturated carbocycles. The van der Waals surface area contributed by atoms with E-state index in [1.807, 2.05) is 18.2 Å². The summed E-state index contributed by atoms with van der Waals surface area (Å²) in [6.07, 6.45) is 0. The van der Waals surface area contributed by atoms with Crippen LogP contribution in [0.1, 0.15) is 27.7 Å². The number of nitrogens with zero attached hydrogens (tertiary/aromatic N) is 1. The normalized spacial score (nSPS) is 11.3. The topological polar surface area (TPSA) is 14.1 Å². The summed E-state index contributed by atoms with van der Waals surface area (Å²) in [5, 5.41) is 6.27. The number of benzene rings is 2. The van der Waals surface area contributed by atoms with Crippen molar-refractivity contribution in [2.24, 2.45) is 0 Å². The molecular weight excluding hydrogens is 261 g/mol. The molecule has 2 aromatic carbocycles. The smallest absolute Gasteiger partial charge is 0.0224 e. The highest BCUT2D eigenvalue weighted by atomic mass is 31.1. The van der Waals surface area contributed by atoms with Crippen LogP contribution in [-0.4, -0.2) is 11.3 Å². The van der Waals surface area contributed by atoms with E-state index in [1.54, 1.807) is 0 Å². The maximum Gasteiger partial charge on any atom is -0.0224 e. The second-order valence-corrected chi connectivity index (χ2v) is 8.89. The van der Waals surface area contributed by atoms with Crippen LogP contribution in [0.3, 0.4) is 0 Å². The predicted molar refractivity (Wildman–Crippen MR) is 92.4 cm³/mol. The monoisotopic (exact) mass is 284 g/mol. The van der Waals surface area contributed by atoms with Gasteiger partial charge in [-0.15, -0.1) is 11.4 Å². The summed E-state index contributed by atoms with van der Waals surface area (Å²) in [7, 11) is -0.185. The Bertz CT molecular complexity index is 526. The van der Waals surface area contributed by atoms with E-state index in [0.717, 1.165) is 11.4 Å². The summed E-state index contributed by atoms with van der Waals surface area (Å²) >= 11 is 0. The zero-order valence-corrected chi connectivity index (χ0v) is 13.6. The fourth-order valence-electron chi connectivity index (χ4n) is 2.57. The van der Waals surface area contributed by atoms with Crippen LogP contribution in [0.25, 0.3) is 5.32 Å². The minimum atomic E-state index is -0.185. The Balaban J connectivity index is 2.35. The van der Waals surface area contributed by atoms with Gasteiger partial charge in [0.25, 0.3) is 0 Å². The molecule has 0 bridgehead atoms. The number of para-hydroxylation sites is 2. The van der Waals surface area contributed by atoms with Crippen molar-refractivity contribution in [1.29, 1.82) is 0 Å². The molecule has 0 heterocycles. The third kappa shape index (κ3) is 3.61. The van der Waals surface area contributed by atoms with Crippen LogP contribution < -0.4 is 5.30 Å². The van der Waals surface area contributed by atoms with Gasteiger partial charge in [-0.25, -0.2) is 0 Å². The van der Waals surface area contributed by atoms with Gasteiger partial charge in [0.05, 0.1) is 0 Å². The maximum atomic E-state index is 4.84. The largest absolute Gasteiger partial charge is 0.657 e. The van der Waals surface area contributed by atoms with Gasteiger partial charge in [-0.2, -0.15) is 0 Å². The van der Waals surface area contributed by atoms with Crippen molar-refractivity contribution in [2.45, 2.75) is 39.0 Å². The van der Waals surface area contributed by atoms with E-state index in [-0.39, 0.29) is 7.92 Å². The summed E-state index contributed by atoms with van der Waals surface area (Å²) in [6.45, 7) is 9.30. The molecule has 0 fully saturated rings. The summed E-state index contributed by atoms with van der Waals surface area (Å²) < 4.78 is 0. The van der Waals surface area contributed by atoms with E-state index in [4.69, 9.17) is 5.32 Å². The lowest BCUT2D eigenvalue weighted by molar-refractivity contribution is 1.02. The van der Waals surface area contributed by atoms with Gasteiger partial charge in [-0.3, -0.25) is 0 Å². The summed E-state index contributed by atoms with van der Waals surface area (Å²) in [6, 6.07) is 18.8. The van der Waals surface area contributed by atoms with Gasteiger partial charge in [-0.05, 0) is 16.6 Å². The van der Waals surface area contributed by atoms with E-state index in [1.165, 1.54) is 5.30 Å². The molecule has 0 unspecified atom stereocenters. The first-order chi connectivity index (χ1) is 9.59. The first kappa shape index (κ1) is 15.1. The highest BCUT2D eigenvalue weighted by Gasteiger charge is 2.19. The maximum absolute atomic E-state index is 4.84. The predicted octanol–water partition coefficient (Wildman–Crippen LogP) is 5.95. The van der Waals surface area contributed by atoms with Crippen molar-refractivity contribution >= 4 is 24.6 Å². The minimum absolute atomic E-state index is 0.185. The molecule has 2 heteroatoms. The van der Waals surface area contributed by atoms with Gasteiger partial charge in [0, 0.05) is 0 Å². The van der Waals surface area contributed by atoms with Crippen molar-refractivity contribution < 1.29 is 0 Å². The molecule has 0 aromatic heterocycles. The molecule has 20 heavy (non-hydrogen) atoms. The van der Waals surface area contributed by atoms with Crippen molar-refractivity contribution in [3.8, 4) is 0 Å². The van der Waals surface area contributed by atoms with Gasteiger partial charge in [-0.1, -0.05) is 90.2 Å². The molecule has 2 aromatic rings. The average molecular weight is 284 g/mol. The number of hydrogen-bond acceptors (Lipinski definition) is 0. The second-order valence-electron chi connectivity index (χ2n) is 5.53. The molecule has 2 rings (SSSR count). The molecule has 0 aliphatic rings. The lowest BCUT2D eigenvalue weighted by atomic mass is 10.3. The summed E-state index contributed by atoms with van der Waals surface area (Å²) in [4.78, 5) is 0. The Labute approximate surface area is 124 Å². The number of hydrogen-bond donors (Lipinski definition) is 0. The zero-order valence-electron chi connectivity index (χ0n) is 12.7. The van der Waals surface area contributed by atoms with Gasteiger partial charge in [0.1, 0.15) is 0 Å². The van der Waals surface area contributed by atoms with Crippen LogP contribution in [0.4, 0.5) is 11.4 Å².